The molecule has 1 aromatic carbocycles. The molecule has 1 spiro atoms. The first-order valence-electron chi connectivity index (χ1n) is 13.6. The topological polar surface area (TPSA) is 29.0 Å². The normalized spacial score (nSPS) is 24.7. The number of aromatic nitrogens is 2. The van der Waals surface area contributed by atoms with Gasteiger partial charge in [0.15, 0.2) is 5.82 Å². The molecule has 2 aliphatic carbocycles. The van der Waals surface area contributed by atoms with Crippen LogP contribution < -0.4 is 0 Å². The van der Waals surface area contributed by atoms with Gasteiger partial charge in [-0.25, -0.2) is 9.97 Å². The summed E-state index contributed by atoms with van der Waals surface area (Å²) in [5.41, 5.74) is 7.63. The van der Waals surface area contributed by atoms with Crippen LogP contribution in [0.4, 0.5) is 0 Å². The molecule has 2 heterocycles. The van der Waals surface area contributed by atoms with Crippen molar-refractivity contribution < 1.29 is 0 Å². The molecule has 2 fully saturated rings. The van der Waals surface area contributed by atoms with Crippen LogP contribution in [0.3, 0.4) is 0 Å². The molecule has 3 nitrogen and oxygen atoms in total. The van der Waals surface area contributed by atoms with Gasteiger partial charge in [0.25, 0.3) is 0 Å². The second kappa shape index (κ2) is 9.85. The number of nitrogens with zero attached hydrogens (tertiary/aromatic N) is 3. The molecule has 2 saturated carbocycles. The van der Waals surface area contributed by atoms with Crippen LogP contribution in [0, 0.1) is 25.2 Å². The minimum Gasteiger partial charge on any atom is -0.294 e. The highest BCUT2D eigenvalue weighted by atomic mass is 15.2. The van der Waals surface area contributed by atoms with E-state index >= 15 is 0 Å². The van der Waals surface area contributed by atoms with E-state index in [4.69, 9.17) is 9.97 Å². The predicted molar refractivity (Wildman–Crippen MR) is 147 cm³/mol. The number of allylic oxidation sites excluding steroid dienone is 4. The van der Waals surface area contributed by atoms with Crippen molar-refractivity contribution in [3.8, 4) is 11.3 Å². The summed E-state index contributed by atoms with van der Waals surface area (Å²) in [6.07, 6.45) is 17.6. The number of benzene rings is 1. The van der Waals surface area contributed by atoms with Crippen molar-refractivity contribution in [1.29, 1.82) is 0 Å². The number of rotatable bonds is 5. The Balaban J connectivity index is 1.53. The van der Waals surface area contributed by atoms with E-state index in [1.807, 2.05) is 6.08 Å². The first-order valence-corrected chi connectivity index (χ1v) is 13.6. The molecule has 0 saturated heterocycles. The predicted octanol–water partition coefficient (Wildman–Crippen LogP) is 7.49. The second-order valence-corrected chi connectivity index (χ2v) is 11.7. The Labute approximate surface area is 212 Å². The van der Waals surface area contributed by atoms with E-state index in [1.54, 1.807) is 0 Å². The molecule has 0 N–H and O–H groups in total. The third-order valence-electron chi connectivity index (χ3n) is 8.43. The van der Waals surface area contributed by atoms with E-state index in [-0.39, 0.29) is 0 Å². The molecule has 3 heteroatoms. The number of fused-ring (bicyclic) bond motifs is 2. The lowest BCUT2D eigenvalue weighted by Crippen LogP contribution is -2.51. The molecule has 0 radical (unpaired) electrons. The molecule has 3 aliphatic rings. The van der Waals surface area contributed by atoms with Crippen LogP contribution in [0.2, 0.25) is 0 Å². The van der Waals surface area contributed by atoms with Crippen molar-refractivity contribution in [2.45, 2.75) is 84.7 Å². The fourth-order valence-electron chi connectivity index (χ4n) is 6.32. The fraction of sp³-hybridized carbons (Fsp3) is 0.500. The lowest BCUT2D eigenvalue weighted by atomic mass is 9.75. The largest absolute Gasteiger partial charge is 0.294 e. The van der Waals surface area contributed by atoms with E-state index in [1.165, 1.54) is 48.8 Å². The van der Waals surface area contributed by atoms with Crippen molar-refractivity contribution in [3.63, 3.8) is 0 Å². The molecule has 0 amide bonds. The van der Waals surface area contributed by atoms with Gasteiger partial charge >= 0.3 is 0 Å². The SMILES string of the molecule is C=C/C1=C\C=C/CN(C2CC3(CC3)C2)C(CC(C)C)CCc2cc(-c3c(C)cccc3C)nc1n2. The first kappa shape index (κ1) is 24.2. The van der Waals surface area contributed by atoms with E-state index in [2.05, 4.69) is 81.7 Å². The Hall–Kier alpha value is -2.52. The number of aryl methyl sites for hydroxylation is 3. The standard InChI is InChI=1S/C32H41N3/c1-6-25-12-7-8-17-35(28-20-32(21-28)15-16-32)27(18-22(2)3)14-13-26-19-29(34-31(25)33-26)30-23(4)10-9-11-24(30)5/h6-12,19,22,27-28H,1,13-18,20-21H2,2-5H3/b8-7-,25-12+. The highest BCUT2D eigenvalue weighted by Crippen LogP contribution is 2.62. The van der Waals surface area contributed by atoms with Crippen molar-refractivity contribution in [3.05, 3.63) is 77.8 Å². The van der Waals surface area contributed by atoms with Gasteiger partial charge in [-0.15, -0.1) is 0 Å². The average Bonchev–Trinajstić information content (AvgIpc) is 3.59. The maximum atomic E-state index is 5.05. The van der Waals surface area contributed by atoms with Crippen LogP contribution in [0.15, 0.2) is 55.1 Å². The summed E-state index contributed by atoms with van der Waals surface area (Å²) in [5, 5.41) is 0. The maximum absolute atomic E-state index is 5.05. The van der Waals surface area contributed by atoms with Crippen molar-refractivity contribution in [2.24, 2.45) is 11.3 Å². The van der Waals surface area contributed by atoms with Crippen LogP contribution in [0.5, 0.6) is 0 Å². The Bertz CT molecular complexity index is 1120. The van der Waals surface area contributed by atoms with Gasteiger partial charge < -0.3 is 0 Å². The van der Waals surface area contributed by atoms with Gasteiger partial charge in [0.1, 0.15) is 0 Å². The van der Waals surface area contributed by atoms with Crippen molar-refractivity contribution >= 4 is 5.57 Å². The average molecular weight is 468 g/mol. The van der Waals surface area contributed by atoms with Gasteiger partial charge in [0.05, 0.1) is 5.69 Å². The molecule has 5 rings (SSSR count). The van der Waals surface area contributed by atoms with Gasteiger partial charge in [-0.3, -0.25) is 4.90 Å². The zero-order valence-electron chi connectivity index (χ0n) is 22.1. The number of hydrogen-bond donors (Lipinski definition) is 0. The summed E-state index contributed by atoms with van der Waals surface area (Å²) in [6.45, 7) is 14.2. The van der Waals surface area contributed by atoms with Gasteiger partial charge in [-0.05, 0) is 87.3 Å². The fourth-order valence-corrected chi connectivity index (χ4v) is 6.32. The van der Waals surface area contributed by atoms with E-state index in [0.29, 0.717) is 12.0 Å². The molecule has 2 bridgehead atoms. The van der Waals surface area contributed by atoms with Crippen LogP contribution in [-0.4, -0.2) is 33.5 Å². The molecule has 1 aromatic heterocycles. The molecule has 1 aliphatic heterocycles. The minimum absolute atomic E-state index is 0.588. The second-order valence-electron chi connectivity index (χ2n) is 11.7. The molecule has 184 valence electrons. The Morgan fingerprint density at radius 3 is 2.54 bits per heavy atom. The first-order chi connectivity index (χ1) is 16.9. The summed E-state index contributed by atoms with van der Waals surface area (Å²) >= 11 is 0. The van der Waals surface area contributed by atoms with Gasteiger partial charge in [-0.1, -0.05) is 62.9 Å². The molecular weight excluding hydrogens is 426 g/mol. The van der Waals surface area contributed by atoms with Gasteiger partial charge in [0, 0.05) is 35.5 Å². The van der Waals surface area contributed by atoms with Crippen LogP contribution in [0.25, 0.3) is 16.8 Å². The van der Waals surface area contributed by atoms with Crippen LogP contribution >= 0.6 is 0 Å². The smallest absolute Gasteiger partial charge is 0.159 e. The van der Waals surface area contributed by atoms with Crippen molar-refractivity contribution in [1.82, 2.24) is 14.9 Å². The summed E-state index contributed by atoms with van der Waals surface area (Å²) in [7, 11) is 0. The molecular formula is C32H41N3. The highest BCUT2D eigenvalue weighted by Gasteiger charge is 2.54. The lowest BCUT2D eigenvalue weighted by molar-refractivity contribution is 0.0297. The zero-order valence-corrected chi connectivity index (χ0v) is 22.1. The van der Waals surface area contributed by atoms with Gasteiger partial charge in [0.2, 0.25) is 0 Å². The monoisotopic (exact) mass is 467 g/mol. The van der Waals surface area contributed by atoms with E-state index in [0.717, 1.165) is 53.6 Å². The third-order valence-corrected chi connectivity index (χ3v) is 8.43. The molecule has 35 heavy (non-hydrogen) atoms. The molecule has 1 unspecified atom stereocenters. The maximum Gasteiger partial charge on any atom is 0.159 e. The lowest BCUT2D eigenvalue weighted by Gasteiger charge is -2.47. The summed E-state index contributed by atoms with van der Waals surface area (Å²) < 4.78 is 0. The van der Waals surface area contributed by atoms with Gasteiger partial charge in [-0.2, -0.15) is 0 Å². The van der Waals surface area contributed by atoms with Crippen molar-refractivity contribution in [2.75, 3.05) is 6.54 Å². The summed E-state index contributed by atoms with van der Waals surface area (Å²) in [4.78, 5) is 12.9. The Morgan fingerprint density at radius 1 is 1.14 bits per heavy atom. The summed E-state index contributed by atoms with van der Waals surface area (Å²) in [6, 6.07) is 10.0. The highest BCUT2D eigenvalue weighted by molar-refractivity contribution is 5.74. The third kappa shape index (κ3) is 5.21. The van der Waals surface area contributed by atoms with Crippen LogP contribution in [-0.2, 0) is 6.42 Å². The number of hydrogen-bond acceptors (Lipinski definition) is 3. The molecule has 2 aromatic rings. The summed E-state index contributed by atoms with van der Waals surface area (Å²) in [5.74, 6) is 1.47. The van der Waals surface area contributed by atoms with E-state index < -0.39 is 0 Å². The van der Waals surface area contributed by atoms with Crippen LogP contribution in [0.1, 0.15) is 75.0 Å². The van der Waals surface area contributed by atoms with E-state index in [9.17, 15) is 0 Å². The molecule has 1 atom stereocenters. The quantitative estimate of drug-likeness (QED) is 0.456. The Kier molecular flexibility index (Phi) is 6.81. The zero-order chi connectivity index (χ0) is 24.6. The minimum atomic E-state index is 0.588. The Morgan fingerprint density at radius 2 is 1.89 bits per heavy atom.